The van der Waals surface area contributed by atoms with E-state index in [-0.39, 0.29) is 22.3 Å². The molecule has 2 N–H and O–H groups in total. The van der Waals surface area contributed by atoms with Crippen LogP contribution in [0.3, 0.4) is 0 Å². The normalized spacial score (nSPS) is 12.3. The molecule has 10 nitrogen and oxygen atoms in total. The number of nitrogens with zero attached hydrogens (tertiary/aromatic N) is 4. The van der Waals surface area contributed by atoms with Gasteiger partial charge in [0.1, 0.15) is 0 Å². The van der Waals surface area contributed by atoms with Crippen LogP contribution in [-0.2, 0) is 21.4 Å². The number of thioether (sulfide) groups is 1. The molecule has 186 valence electrons. The Labute approximate surface area is 212 Å². The third-order valence-electron chi connectivity index (χ3n) is 5.28. The lowest BCUT2D eigenvalue weighted by molar-refractivity contribution is -0.115. The van der Waals surface area contributed by atoms with Gasteiger partial charge in [-0.1, -0.05) is 30.8 Å². The lowest BCUT2D eigenvalue weighted by Crippen LogP contribution is -2.28. The molecular formula is C24H24N6O4S2. The number of carbonyl (C=O) groups excluding carboxylic acids is 1. The number of nitrogens with one attached hydrogen (secondary N) is 2. The second-order valence-electron chi connectivity index (χ2n) is 7.67. The van der Waals surface area contributed by atoms with Crippen molar-refractivity contribution in [2.75, 3.05) is 10.0 Å². The van der Waals surface area contributed by atoms with Crippen molar-refractivity contribution in [2.24, 2.45) is 0 Å². The van der Waals surface area contributed by atoms with E-state index in [1.54, 1.807) is 28.8 Å². The fourth-order valence-corrected chi connectivity index (χ4v) is 5.47. The van der Waals surface area contributed by atoms with Crippen LogP contribution in [0.5, 0.6) is 0 Å². The van der Waals surface area contributed by atoms with Crippen LogP contribution >= 0.6 is 11.8 Å². The fraction of sp³-hybridized carbons (Fsp3) is 0.208. The van der Waals surface area contributed by atoms with Gasteiger partial charge in [0.2, 0.25) is 11.9 Å². The van der Waals surface area contributed by atoms with Crippen molar-refractivity contribution in [1.82, 2.24) is 19.5 Å². The predicted molar refractivity (Wildman–Crippen MR) is 140 cm³/mol. The minimum absolute atomic E-state index is 0.00157. The summed E-state index contributed by atoms with van der Waals surface area (Å²) in [6.45, 7) is 4.16. The Bertz CT molecular complexity index is 1540. The number of anilines is 2. The van der Waals surface area contributed by atoms with Crippen LogP contribution in [0.2, 0.25) is 0 Å². The first-order valence-corrected chi connectivity index (χ1v) is 13.6. The van der Waals surface area contributed by atoms with Crippen LogP contribution in [0.15, 0.2) is 81.8 Å². The molecule has 0 aliphatic heterocycles. The number of sulfonamides is 1. The number of amides is 1. The molecule has 1 amide bonds. The molecule has 4 rings (SSSR count). The Balaban J connectivity index is 1.49. The summed E-state index contributed by atoms with van der Waals surface area (Å²) in [4.78, 5) is 38.2. The molecule has 4 aromatic rings. The number of hydrogen-bond acceptors (Lipinski definition) is 8. The van der Waals surface area contributed by atoms with Gasteiger partial charge in [-0.25, -0.2) is 28.1 Å². The van der Waals surface area contributed by atoms with Crippen molar-refractivity contribution in [1.29, 1.82) is 0 Å². The van der Waals surface area contributed by atoms with E-state index in [0.29, 0.717) is 34.7 Å². The molecule has 0 aliphatic carbocycles. The zero-order chi connectivity index (χ0) is 25.7. The van der Waals surface area contributed by atoms with Gasteiger partial charge in [-0.3, -0.25) is 14.2 Å². The summed E-state index contributed by atoms with van der Waals surface area (Å²) >= 11 is 1.22. The Hall–Kier alpha value is -3.77. The standard InChI is InChI=1S/C24H24N6O4S2/c1-3-20(35-24-28-19-9-6-5-8-18(19)22(32)30(24)4-2)21(31)27-16-10-12-17(13-11-16)36(33,34)29-23-25-14-7-15-26-23/h5-15,20H,3-4H2,1-2H3,(H,27,31)(H,25,26,29). The maximum Gasteiger partial charge on any atom is 0.264 e. The monoisotopic (exact) mass is 524 g/mol. The van der Waals surface area contributed by atoms with Gasteiger partial charge in [-0.05, 0) is 55.8 Å². The smallest absolute Gasteiger partial charge is 0.264 e. The first-order chi connectivity index (χ1) is 17.3. The average Bonchev–Trinajstić information content (AvgIpc) is 2.88. The van der Waals surface area contributed by atoms with Crippen LogP contribution in [0.4, 0.5) is 11.6 Å². The van der Waals surface area contributed by atoms with Gasteiger partial charge in [0.15, 0.2) is 5.16 Å². The number of carbonyl (C=O) groups is 1. The fourth-order valence-electron chi connectivity index (χ4n) is 3.44. The lowest BCUT2D eigenvalue weighted by Gasteiger charge is -2.17. The Kier molecular flexibility index (Phi) is 7.65. The van der Waals surface area contributed by atoms with Crippen molar-refractivity contribution in [2.45, 2.75) is 42.1 Å². The van der Waals surface area contributed by atoms with E-state index in [9.17, 15) is 18.0 Å². The lowest BCUT2D eigenvalue weighted by atomic mass is 10.2. The van der Waals surface area contributed by atoms with Crippen molar-refractivity contribution in [3.63, 3.8) is 0 Å². The number of fused-ring (bicyclic) bond motifs is 1. The SMILES string of the molecule is CCC(Sc1nc2ccccc2c(=O)n1CC)C(=O)Nc1ccc(S(=O)(=O)Nc2ncccn2)cc1. The summed E-state index contributed by atoms with van der Waals surface area (Å²) in [7, 11) is -3.88. The van der Waals surface area contributed by atoms with Gasteiger partial charge in [-0.15, -0.1) is 0 Å². The van der Waals surface area contributed by atoms with Crippen LogP contribution in [0, 0.1) is 0 Å². The van der Waals surface area contributed by atoms with Gasteiger partial charge in [0, 0.05) is 24.6 Å². The predicted octanol–water partition coefficient (Wildman–Crippen LogP) is 3.52. The highest BCUT2D eigenvalue weighted by Gasteiger charge is 2.22. The highest BCUT2D eigenvalue weighted by molar-refractivity contribution is 8.00. The van der Waals surface area contributed by atoms with Crippen LogP contribution in [-0.4, -0.2) is 39.1 Å². The molecule has 2 aromatic carbocycles. The second-order valence-corrected chi connectivity index (χ2v) is 10.5. The maximum absolute atomic E-state index is 13.0. The van der Waals surface area contributed by atoms with Crippen LogP contribution < -0.4 is 15.6 Å². The number of aromatic nitrogens is 4. The van der Waals surface area contributed by atoms with E-state index in [1.165, 1.54) is 48.4 Å². The van der Waals surface area contributed by atoms with Crippen LogP contribution in [0.1, 0.15) is 20.3 Å². The highest BCUT2D eigenvalue weighted by Crippen LogP contribution is 2.26. The molecule has 1 unspecified atom stereocenters. The molecule has 0 saturated carbocycles. The topological polar surface area (TPSA) is 136 Å². The Morgan fingerprint density at radius 1 is 1.03 bits per heavy atom. The third-order valence-corrected chi connectivity index (χ3v) is 7.98. The van der Waals surface area contributed by atoms with E-state index in [2.05, 4.69) is 25.0 Å². The quantitative estimate of drug-likeness (QED) is 0.251. The summed E-state index contributed by atoms with van der Waals surface area (Å²) < 4.78 is 29.0. The van der Waals surface area contributed by atoms with Gasteiger partial charge >= 0.3 is 0 Å². The molecule has 0 spiro atoms. The zero-order valence-electron chi connectivity index (χ0n) is 19.6. The minimum Gasteiger partial charge on any atom is -0.325 e. The van der Waals surface area contributed by atoms with Crippen molar-refractivity contribution < 1.29 is 13.2 Å². The summed E-state index contributed by atoms with van der Waals surface area (Å²) in [5.41, 5.74) is 0.872. The molecule has 2 heterocycles. The minimum atomic E-state index is -3.88. The first kappa shape index (κ1) is 25.3. The molecule has 0 radical (unpaired) electrons. The summed E-state index contributed by atoms with van der Waals surface area (Å²) in [5.74, 6) is -0.315. The summed E-state index contributed by atoms with van der Waals surface area (Å²) in [6, 6.07) is 14.5. The van der Waals surface area contributed by atoms with Crippen molar-refractivity contribution >= 4 is 50.2 Å². The molecule has 0 bridgehead atoms. The number of benzene rings is 2. The summed E-state index contributed by atoms with van der Waals surface area (Å²) in [6.07, 6.45) is 3.36. The zero-order valence-corrected chi connectivity index (χ0v) is 21.2. The van der Waals surface area contributed by atoms with E-state index in [4.69, 9.17) is 0 Å². The van der Waals surface area contributed by atoms with E-state index >= 15 is 0 Å². The summed E-state index contributed by atoms with van der Waals surface area (Å²) in [5, 5.41) is 3.30. The number of para-hydroxylation sites is 1. The first-order valence-electron chi connectivity index (χ1n) is 11.2. The second kappa shape index (κ2) is 10.9. The van der Waals surface area contributed by atoms with E-state index in [1.807, 2.05) is 19.9 Å². The van der Waals surface area contributed by atoms with E-state index in [0.717, 1.165) is 0 Å². The number of rotatable bonds is 9. The maximum atomic E-state index is 13.0. The highest BCUT2D eigenvalue weighted by atomic mass is 32.2. The largest absolute Gasteiger partial charge is 0.325 e. The average molecular weight is 525 g/mol. The van der Waals surface area contributed by atoms with Gasteiger partial charge < -0.3 is 5.32 Å². The third kappa shape index (κ3) is 5.55. The molecule has 12 heteroatoms. The molecule has 2 aromatic heterocycles. The Morgan fingerprint density at radius 2 is 1.72 bits per heavy atom. The molecule has 0 aliphatic rings. The van der Waals surface area contributed by atoms with Gasteiger partial charge in [0.25, 0.3) is 15.6 Å². The molecule has 0 saturated heterocycles. The van der Waals surface area contributed by atoms with Crippen LogP contribution in [0.25, 0.3) is 10.9 Å². The van der Waals surface area contributed by atoms with E-state index < -0.39 is 15.3 Å². The van der Waals surface area contributed by atoms with Crippen molar-refractivity contribution in [3.05, 3.63) is 77.3 Å². The van der Waals surface area contributed by atoms with Crippen molar-refractivity contribution in [3.8, 4) is 0 Å². The Morgan fingerprint density at radius 3 is 2.39 bits per heavy atom. The molecule has 36 heavy (non-hydrogen) atoms. The number of hydrogen-bond donors (Lipinski definition) is 2. The molecule has 1 atom stereocenters. The van der Waals surface area contributed by atoms with Gasteiger partial charge in [0.05, 0.1) is 21.0 Å². The molecular weight excluding hydrogens is 500 g/mol. The van der Waals surface area contributed by atoms with Gasteiger partial charge in [-0.2, -0.15) is 0 Å². The molecule has 0 fully saturated rings.